The molecule has 1 unspecified atom stereocenters. The average Bonchev–Trinajstić information content (AvgIpc) is 2.78. The Morgan fingerprint density at radius 1 is 1.12 bits per heavy atom. The Morgan fingerprint density at radius 2 is 1.94 bits per heavy atom. The van der Waals surface area contributed by atoms with Gasteiger partial charge in [-0.25, -0.2) is 0 Å². The first-order valence-electron chi connectivity index (χ1n) is 6.03. The van der Waals surface area contributed by atoms with Gasteiger partial charge in [0.05, 0.1) is 6.04 Å². The second kappa shape index (κ2) is 5.37. The van der Waals surface area contributed by atoms with E-state index in [0.29, 0.717) is 12.0 Å². The first-order chi connectivity index (χ1) is 8.16. The van der Waals surface area contributed by atoms with Crippen LogP contribution in [0.4, 0.5) is 5.69 Å². The molecule has 1 aromatic heterocycles. The second-order valence-electron chi connectivity index (χ2n) is 4.75. The fourth-order valence-corrected chi connectivity index (χ4v) is 2.90. The quantitative estimate of drug-likeness (QED) is 0.810. The summed E-state index contributed by atoms with van der Waals surface area (Å²) < 4.78 is 0. The van der Waals surface area contributed by atoms with Gasteiger partial charge in [-0.1, -0.05) is 32.0 Å². The number of anilines is 1. The highest BCUT2D eigenvalue weighted by molar-refractivity contribution is 7.10. The molecule has 1 aromatic carbocycles. The Kier molecular flexibility index (Phi) is 3.85. The minimum Gasteiger partial charge on any atom is -0.377 e. The molecule has 1 heterocycles. The summed E-state index contributed by atoms with van der Waals surface area (Å²) in [4.78, 5) is 1.40. The van der Waals surface area contributed by atoms with Gasteiger partial charge in [-0.05, 0) is 42.0 Å². The highest BCUT2D eigenvalue weighted by Crippen LogP contribution is 2.29. The summed E-state index contributed by atoms with van der Waals surface area (Å²) in [5.74, 6) is 0.578. The van der Waals surface area contributed by atoms with E-state index in [1.807, 2.05) is 11.3 Å². The average molecular weight is 245 g/mol. The SMILES string of the molecule is Cc1cccc(NC(c2cccs2)C(C)C)c1. The molecule has 0 fully saturated rings. The van der Waals surface area contributed by atoms with Gasteiger partial charge >= 0.3 is 0 Å². The topological polar surface area (TPSA) is 12.0 Å². The predicted molar refractivity (Wildman–Crippen MR) is 76.7 cm³/mol. The van der Waals surface area contributed by atoms with Crippen molar-refractivity contribution in [2.24, 2.45) is 5.92 Å². The monoisotopic (exact) mass is 245 g/mol. The van der Waals surface area contributed by atoms with E-state index in [2.05, 4.69) is 67.9 Å². The van der Waals surface area contributed by atoms with Crippen LogP contribution < -0.4 is 5.32 Å². The predicted octanol–water partition coefficient (Wildman–Crippen LogP) is 4.87. The van der Waals surface area contributed by atoms with Gasteiger partial charge in [0, 0.05) is 10.6 Å². The minimum absolute atomic E-state index is 0.400. The molecule has 0 aliphatic heterocycles. The number of hydrogen-bond acceptors (Lipinski definition) is 2. The van der Waals surface area contributed by atoms with E-state index in [1.165, 1.54) is 16.1 Å². The van der Waals surface area contributed by atoms with Crippen LogP contribution >= 0.6 is 11.3 Å². The maximum absolute atomic E-state index is 3.63. The molecule has 90 valence electrons. The molecule has 0 aliphatic rings. The number of rotatable bonds is 4. The van der Waals surface area contributed by atoms with E-state index in [9.17, 15) is 0 Å². The van der Waals surface area contributed by atoms with Gasteiger partial charge in [0.25, 0.3) is 0 Å². The summed E-state index contributed by atoms with van der Waals surface area (Å²) in [6.45, 7) is 6.64. The number of aryl methyl sites for hydroxylation is 1. The molecule has 2 aromatic rings. The number of benzene rings is 1. The smallest absolute Gasteiger partial charge is 0.0629 e. The van der Waals surface area contributed by atoms with Gasteiger partial charge < -0.3 is 5.32 Å². The van der Waals surface area contributed by atoms with Gasteiger partial charge in [-0.2, -0.15) is 0 Å². The molecule has 0 aliphatic carbocycles. The fraction of sp³-hybridized carbons (Fsp3) is 0.333. The standard InChI is InChI=1S/C15H19NS/c1-11(2)15(14-8-5-9-17-14)16-13-7-4-6-12(3)10-13/h4-11,15-16H,1-3H3. The summed E-state index contributed by atoms with van der Waals surface area (Å²) in [6, 6.07) is 13.3. The highest BCUT2D eigenvalue weighted by atomic mass is 32.1. The van der Waals surface area contributed by atoms with E-state index in [0.717, 1.165) is 0 Å². The van der Waals surface area contributed by atoms with Crippen molar-refractivity contribution in [2.45, 2.75) is 26.8 Å². The zero-order chi connectivity index (χ0) is 12.3. The third-order valence-electron chi connectivity index (χ3n) is 2.86. The highest BCUT2D eigenvalue weighted by Gasteiger charge is 2.16. The Hall–Kier alpha value is -1.28. The second-order valence-corrected chi connectivity index (χ2v) is 5.73. The van der Waals surface area contributed by atoms with Crippen molar-refractivity contribution in [3.05, 3.63) is 52.2 Å². The molecule has 2 heteroatoms. The molecule has 0 radical (unpaired) electrons. The van der Waals surface area contributed by atoms with Crippen LogP contribution in [0, 0.1) is 12.8 Å². The van der Waals surface area contributed by atoms with Crippen molar-refractivity contribution in [1.29, 1.82) is 0 Å². The molecular weight excluding hydrogens is 226 g/mol. The van der Waals surface area contributed by atoms with Crippen molar-refractivity contribution in [3.8, 4) is 0 Å². The molecule has 1 N–H and O–H groups in total. The van der Waals surface area contributed by atoms with Gasteiger partial charge in [-0.3, -0.25) is 0 Å². The molecule has 1 nitrogen and oxygen atoms in total. The van der Waals surface area contributed by atoms with Gasteiger partial charge in [0.15, 0.2) is 0 Å². The zero-order valence-electron chi connectivity index (χ0n) is 10.6. The van der Waals surface area contributed by atoms with Crippen LogP contribution in [0.5, 0.6) is 0 Å². The molecule has 1 atom stereocenters. The maximum Gasteiger partial charge on any atom is 0.0629 e. The van der Waals surface area contributed by atoms with Gasteiger partial charge in [0.2, 0.25) is 0 Å². The molecule has 2 rings (SSSR count). The van der Waals surface area contributed by atoms with Crippen LogP contribution in [0.25, 0.3) is 0 Å². The van der Waals surface area contributed by atoms with Gasteiger partial charge in [0.1, 0.15) is 0 Å². The number of nitrogens with one attached hydrogen (secondary N) is 1. The van der Waals surface area contributed by atoms with E-state index >= 15 is 0 Å². The summed E-state index contributed by atoms with van der Waals surface area (Å²) >= 11 is 1.82. The largest absolute Gasteiger partial charge is 0.377 e. The maximum atomic E-state index is 3.63. The van der Waals surface area contributed by atoms with E-state index < -0.39 is 0 Å². The third-order valence-corrected chi connectivity index (χ3v) is 3.81. The first-order valence-corrected chi connectivity index (χ1v) is 6.91. The molecule has 0 amide bonds. The third kappa shape index (κ3) is 3.10. The molecule has 0 saturated carbocycles. The van der Waals surface area contributed by atoms with E-state index in [1.54, 1.807) is 0 Å². The Labute approximate surface area is 108 Å². The fourth-order valence-electron chi connectivity index (χ4n) is 1.95. The van der Waals surface area contributed by atoms with E-state index in [4.69, 9.17) is 0 Å². The molecule has 17 heavy (non-hydrogen) atoms. The first kappa shape index (κ1) is 12.2. The van der Waals surface area contributed by atoms with Crippen LogP contribution in [0.1, 0.15) is 30.3 Å². The molecule has 0 bridgehead atoms. The van der Waals surface area contributed by atoms with Crippen LogP contribution in [0.3, 0.4) is 0 Å². The summed E-state index contributed by atoms with van der Waals surface area (Å²) in [5, 5.41) is 5.77. The lowest BCUT2D eigenvalue weighted by atomic mass is 10.0. The van der Waals surface area contributed by atoms with Crippen LogP contribution in [-0.2, 0) is 0 Å². The van der Waals surface area contributed by atoms with Crippen molar-refractivity contribution < 1.29 is 0 Å². The van der Waals surface area contributed by atoms with Gasteiger partial charge in [-0.15, -0.1) is 11.3 Å². The minimum atomic E-state index is 0.400. The number of thiophene rings is 1. The summed E-state index contributed by atoms with van der Waals surface area (Å²) in [6.07, 6.45) is 0. The Bertz CT molecular complexity index is 460. The summed E-state index contributed by atoms with van der Waals surface area (Å²) in [7, 11) is 0. The summed E-state index contributed by atoms with van der Waals surface area (Å²) in [5.41, 5.74) is 2.50. The lowest BCUT2D eigenvalue weighted by Gasteiger charge is -2.22. The van der Waals surface area contributed by atoms with Crippen molar-refractivity contribution >= 4 is 17.0 Å². The lowest BCUT2D eigenvalue weighted by Crippen LogP contribution is -2.15. The number of hydrogen-bond donors (Lipinski definition) is 1. The molecular formula is C15H19NS. The Balaban J connectivity index is 2.19. The normalized spacial score (nSPS) is 12.7. The van der Waals surface area contributed by atoms with Crippen LogP contribution in [-0.4, -0.2) is 0 Å². The van der Waals surface area contributed by atoms with Crippen LogP contribution in [0.15, 0.2) is 41.8 Å². The molecule has 0 spiro atoms. The van der Waals surface area contributed by atoms with Crippen molar-refractivity contribution in [3.63, 3.8) is 0 Å². The van der Waals surface area contributed by atoms with Crippen molar-refractivity contribution in [1.82, 2.24) is 0 Å². The molecule has 0 saturated heterocycles. The lowest BCUT2D eigenvalue weighted by molar-refractivity contribution is 0.554. The van der Waals surface area contributed by atoms with Crippen molar-refractivity contribution in [2.75, 3.05) is 5.32 Å². The zero-order valence-corrected chi connectivity index (χ0v) is 11.4. The van der Waals surface area contributed by atoms with Crippen LogP contribution in [0.2, 0.25) is 0 Å². The Morgan fingerprint density at radius 3 is 2.53 bits per heavy atom. The van der Waals surface area contributed by atoms with E-state index in [-0.39, 0.29) is 0 Å².